The van der Waals surface area contributed by atoms with Crippen LogP contribution in [-0.4, -0.2) is 31.3 Å². The molecule has 112 valence electrons. The molecule has 7 heteroatoms. The van der Waals surface area contributed by atoms with Gasteiger partial charge in [0.25, 0.3) is 0 Å². The monoisotopic (exact) mass is 312 g/mol. The second-order valence-corrected chi connectivity index (χ2v) is 7.10. The second kappa shape index (κ2) is 4.49. The van der Waals surface area contributed by atoms with E-state index in [9.17, 15) is 0 Å². The summed E-state index contributed by atoms with van der Waals surface area (Å²) in [6.45, 7) is 3.96. The third-order valence-corrected chi connectivity index (χ3v) is 5.42. The van der Waals surface area contributed by atoms with Crippen LogP contribution in [0.15, 0.2) is 17.8 Å². The Morgan fingerprint density at radius 3 is 3.00 bits per heavy atom. The van der Waals surface area contributed by atoms with E-state index in [0.29, 0.717) is 12.0 Å². The van der Waals surface area contributed by atoms with E-state index in [1.165, 1.54) is 18.7 Å². The van der Waals surface area contributed by atoms with Crippen LogP contribution >= 0.6 is 11.3 Å². The molecule has 0 unspecified atom stereocenters. The molecule has 1 aliphatic heterocycles. The highest BCUT2D eigenvalue weighted by Crippen LogP contribution is 2.41. The lowest BCUT2D eigenvalue weighted by Crippen LogP contribution is -2.37. The van der Waals surface area contributed by atoms with Gasteiger partial charge < -0.3 is 9.47 Å². The van der Waals surface area contributed by atoms with Crippen molar-refractivity contribution in [2.75, 3.05) is 11.4 Å². The van der Waals surface area contributed by atoms with Crippen LogP contribution in [0.1, 0.15) is 43.4 Å². The average molecular weight is 312 g/mol. The van der Waals surface area contributed by atoms with Crippen molar-refractivity contribution in [3.05, 3.63) is 29.4 Å². The first kappa shape index (κ1) is 12.5. The van der Waals surface area contributed by atoms with Crippen molar-refractivity contribution in [3.8, 4) is 0 Å². The first-order chi connectivity index (χ1) is 10.8. The van der Waals surface area contributed by atoms with Gasteiger partial charge in [0.05, 0.1) is 22.8 Å². The molecule has 0 aromatic carbocycles. The van der Waals surface area contributed by atoms with Crippen molar-refractivity contribution in [3.63, 3.8) is 0 Å². The summed E-state index contributed by atoms with van der Waals surface area (Å²) in [5, 5.41) is 11.0. The number of thiophene rings is 1. The van der Waals surface area contributed by atoms with Crippen molar-refractivity contribution in [2.45, 2.75) is 38.3 Å². The molecule has 0 saturated heterocycles. The minimum absolute atomic E-state index is 0.374. The number of aromatic nitrogens is 5. The molecule has 0 bridgehead atoms. The van der Waals surface area contributed by atoms with Gasteiger partial charge in [-0.2, -0.15) is 0 Å². The quantitative estimate of drug-likeness (QED) is 0.728. The maximum atomic E-state index is 4.53. The molecule has 0 N–H and O–H groups in total. The summed E-state index contributed by atoms with van der Waals surface area (Å²) >= 11 is 1.70. The van der Waals surface area contributed by atoms with E-state index < -0.39 is 0 Å². The van der Waals surface area contributed by atoms with Gasteiger partial charge in [0, 0.05) is 12.5 Å². The van der Waals surface area contributed by atoms with E-state index in [2.05, 4.69) is 41.9 Å². The number of rotatable bonds is 2. The molecule has 0 amide bonds. The Kier molecular flexibility index (Phi) is 2.55. The van der Waals surface area contributed by atoms with Gasteiger partial charge >= 0.3 is 0 Å². The summed E-state index contributed by atoms with van der Waals surface area (Å²) in [4.78, 5) is 11.2. The zero-order valence-electron chi connectivity index (χ0n) is 12.3. The normalized spacial score (nSPS) is 21.3. The second-order valence-electron chi connectivity index (χ2n) is 6.18. The van der Waals surface area contributed by atoms with Gasteiger partial charge in [-0.1, -0.05) is 0 Å². The van der Waals surface area contributed by atoms with E-state index in [1.54, 1.807) is 17.7 Å². The lowest BCUT2D eigenvalue weighted by molar-refractivity contribution is 0.448. The first-order valence-electron chi connectivity index (χ1n) is 7.68. The van der Waals surface area contributed by atoms with E-state index >= 15 is 0 Å². The third-order valence-electron chi connectivity index (χ3n) is 4.52. The molecule has 1 saturated carbocycles. The predicted molar refractivity (Wildman–Crippen MR) is 85.2 cm³/mol. The van der Waals surface area contributed by atoms with Crippen molar-refractivity contribution in [1.82, 2.24) is 24.7 Å². The van der Waals surface area contributed by atoms with Crippen LogP contribution in [0, 0.1) is 0 Å². The van der Waals surface area contributed by atoms with Crippen LogP contribution < -0.4 is 4.90 Å². The van der Waals surface area contributed by atoms with Gasteiger partial charge in [0.1, 0.15) is 12.2 Å². The molecule has 2 aliphatic rings. The number of anilines is 1. The SMILES string of the molecule is C[C@H]1CN(c2ncnc3ccsc23)Cc2nnc(C3CC3)n21. The Morgan fingerprint density at radius 2 is 2.14 bits per heavy atom. The van der Waals surface area contributed by atoms with E-state index in [4.69, 9.17) is 0 Å². The fourth-order valence-corrected chi connectivity index (χ4v) is 4.21. The average Bonchev–Trinajstić information content (AvgIpc) is 3.09. The summed E-state index contributed by atoms with van der Waals surface area (Å²) in [5.74, 6) is 3.91. The number of hydrogen-bond acceptors (Lipinski definition) is 6. The van der Waals surface area contributed by atoms with E-state index in [1.807, 2.05) is 6.07 Å². The molecule has 3 aromatic heterocycles. The largest absolute Gasteiger partial charge is 0.346 e. The van der Waals surface area contributed by atoms with E-state index in [-0.39, 0.29) is 0 Å². The standard InChI is InChI=1S/C15H16N6S/c1-9-6-20(15-13-11(4-5-22-13)16-8-17-15)7-12-18-19-14(21(9)12)10-2-3-10/h4-5,8-10H,2-3,6-7H2,1H3/t9-/m0/s1. The van der Waals surface area contributed by atoms with Crippen LogP contribution in [0.4, 0.5) is 5.82 Å². The van der Waals surface area contributed by atoms with Gasteiger partial charge in [0.2, 0.25) is 0 Å². The predicted octanol–water partition coefficient (Wildman–Crippen LogP) is 2.74. The maximum absolute atomic E-state index is 4.53. The van der Waals surface area contributed by atoms with Gasteiger partial charge in [0.15, 0.2) is 11.6 Å². The summed E-state index contributed by atoms with van der Waals surface area (Å²) < 4.78 is 3.51. The van der Waals surface area contributed by atoms with Crippen LogP contribution in [0.3, 0.4) is 0 Å². The summed E-state index contributed by atoms with van der Waals surface area (Å²) in [6, 6.07) is 2.42. The molecule has 1 atom stereocenters. The van der Waals surface area contributed by atoms with Crippen molar-refractivity contribution < 1.29 is 0 Å². The zero-order chi connectivity index (χ0) is 14.7. The fourth-order valence-electron chi connectivity index (χ4n) is 3.34. The highest BCUT2D eigenvalue weighted by Gasteiger charge is 2.35. The number of fused-ring (bicyclic) bond motifs is 2. The van der Waals surface area contributed by atoms with Crippen molar-refractivity contribution >= 4 is 27.4 Å². The van der Waals surface area contributed by atoms with Crippen molar-refractivity contribution in [1.29, 1.82) is 0 Å². The summed E-state index contributed by atoms with van der Waals surface area (Å²) in [5.41, 5.74) is 1.02. The molecular formula is C15H16N6S. The Hall–Kier alpha value is -2.02. The smallest absolute Gasteiger partial charge is 0.152 e. The Labute approximate surface area is 131 Å². The Bertz CT molecular complexity index is 849. The lowest BCUT2D eigenvalue weighted by atomic mass is 10.2. The lowest BCUT2D eigenvalue weighted by Gasteiger charge is -2.33. The fraction of sp³-hybridized carbons (Fsp3) is 0.467. The molecular weight excluding hydrogens is 296 g/mol. The highest BCUT2D eigenvalue weighted by molar-refractivity contribution is 7.17. The molecule has 22 heavy (non-hydrogen) atoms. The van der Waals surface area contributed by atoms with E-state index in [0.717, 1.165) is 34.9 Å². The van der Waals surface area contributed by atoms with Crippen LogP contribution in [0.5, 0.6) is 0 Å². The van der Waals surface area contributed by atoms with Gasteiger partial charge in [-0.15, -0.1) is 21.5 Å². The third kappa shape index (κ3) is 1.78. The summed E-state index contributed by atoms with van der Waals surface area (Å²) in [7, 11) is 0. The molecule has 0 spiro atoms. The Balaban J connectivity index is 1.56. The minimum atomic E-state index is 0.374. The van der Waals surface area contributed by atoms with Crippen molar-refractivity contribution in [2.24, 2.45) is 0 Å². The van der Waals surface area contributed by atoms with Gasteiger partial charge in [-0.25, -0.2) is 9.97 Å². The summed E-state index contributed by atoms with van der Waals surface area (Å²) in [6.07, 6.45) is 4.18. The topological polar surface area (TPSA) is 59.7 Å². The highest BCUT2D eigenvalue weighted by atomic mass is 32.1. The van der Waals surface area contributed by atoms with Gasteiger partial charge in [-0.3, -0.25) is 0 Å². The molecule has 5 rings (SSSR count). The number of hydrogen-bond donors (Lipinski definition) is 0. The molecule has 4 heterocycles. The maximum Gasteiger partial charge on any atom is 0.152 e. The molecule has 1 fully saturated rings. The van der Waals surface area contributed by atoms with Gasteiger partial charge in [-0.05, 0) is 31.2 Å². The minimum Gasteiger partial charge on any atom is -0.346 e. The molecule has 1 aliphatic carbocycles. The van der Waals surface area contributed by atoms with Crippen LogP contribution in [0.25, 0.3) is 10.2 Å². The van der Waals surface area contributed by atoms with Crippen LogP contribution in [-0.2, 0) is 6.54 Å². The molecule has 0 radical (unpaired) electrons. The molecule has 6 nitrogen and oxygen atoms in total. The molecule has 3 aromatic rings. The number of nitrogens with zero attached hydrogens (tertiary/aromatic N) is 6. The van der Waals surface area contributed by atoms with Crippen LogP contribution in [0.2, 0.25) is 0 Å². The zero-order valence-corrected chi connectivity index (χ0v) is 13.1. The Morgan fingerprint density at radius 1 is 1.23 bits per heavy atom. The first-order valence-corrected chi connectivity index (χ1v) is 8.56.